The minimum atomic E-state index is 0.262. The van der Waals surface area contributed by atoms with Gasteiger partial charge in [0, 0.05) is 27.9 Å². The van der Waals surface area contributed by atoms with E-state index in [1.54, 1.807) is 6.21 Å². The normalized spacial score (nSPS) is 10.9. The highest BCUT2D eigenvalue weighted by atomic mass is 35.5. The first-order valence-corrected chi connectivity index (χ1v) is 11.8. The predicted molar refractivity (Wildman–Crippen MR) is 144 cm³/mol. The lowest BCUT2D eigenvalue weighted by atomic mass is 9.98. The van der Waals surface area contributed by atoms with Crippen LogP contribution in [0.2, 0.25) is 5.02 Å². The zero-order valence-corrected chi connectivity index (χ0v) is 20.0. The van der Waals surface area contributed by atoms with E-state index in [0.717, 1.165) is 27.8 Å². The molecule has 36 heavy (non-hydrogen) atoms. The molecule has 0 amide bonds. The number of hydrogen-bond acceptors (Lipinski definition) is 4. The predicted octanol–water partition coefficient (Wildman–Crippen LogP) is 8.47. The van der Waals surface area contributed by atoms with E-state index in [1.165, 1.54) is 0 Å². The van der Waals surface area contributed by atoms with Crippen molar-refractivity contribution in [3.8, 4) is 34.3 Å². The molecule has 0 unspecified atom stereocenters. The number of benzene rings is 4. The molecule has 1 heterocycles. The summed E-state index contributed by atoms with van der Waals surface area (Å²) in [6.07, 6.45) is 1.67. The highest BCUT2D eigenvalue weighted by Gasteiger charge is 2.22. The van der Waals surface area contributed by atoms with Crippen LogP contribution in [0.3, 0.4) is 0 Å². The molecule has 1 aromatic heterocycles. The van der Waals surface area contributed by atoms with Crippen molar-refractivity contribution in [2.45, 2.75) is 6.61 Å². The van der Waals surface area contributed by atoms with Crippen molar-refractivity contribution < 1.29 is 9.15 Å². The van der Waals surface area contributed by atoms with E-state index in [-0.39, 0.29) is 5.88 Å². The summed E-state index contributed by atoms with van der Waals surface area (Å²) in [6.45, 7) is 0.359. The number of nitriles is 1. The molecule has 5 aromatic rings. The number of nitrogens with zero attached hydrogens (tertiary/aromatic N) is 2. The van der Waals surface area contributed by atoms with Crippen LogP contribution in [0.25, 0.3) is 22.5 Å². The third-order valence-electron chi connectivity index (χ3n) is 5.64. The lowest BCUT2D eigenvalue weighted by Gasteiger charge is -2.08. The van der Waals surface area contributed by atoms with E-state index >= 15 is 0 Å². The van der Waals surface area contributed by atoms with Gasteiger partial charge in [0.05, 0.1) is 0 Å². The highest BCUT2D eigenvalue weighted by molar-refractivity contribution is 6.31. The Morgan fingerprint density at radius 3 is 2.25 bits per heavy atom. The molecule has 0 radical (unpaired) electrons. The molecular formula is C31H21ClN2O2. The first kappa shape index (κ1) is 23.2. The molecule has 0 N–H and O–H groups in total. The molecule has 0 aliphatic heterocycles. The van der Waals surface area contributed by atoms with E-state index in [4.69, 9.17) is 20.8 Å². The van der Waals surface area contributed by atoms with Crippen molar-refractivity contribution in [2.75, 3.05) is 0 Å². The van der Waals surface area contributed by atoms with Crippen LogP contribution in [0.4, 0.5) is 5.88 Å². The van der Waals surface area contributed by atoms with Gasteiger partial charge in [-0.15, -0.1) is 0 Å². The molecule has 0 saturated heterocycles. The number of furan rings is 1. The number of rotatable bonds is 7. The van der Waals surface area contributed by atoms with Crippen molar-refractivity contribution in [3.05, 3.63) is 131 Å². The minimum Gasteiger partial charge on any atom is -0.489 e. The van der Waals surface area contributed by atoms with Gasteiger partial charge >= 0.3 is 0 Å². The minimum absolute atomic E-state index is 0.262. The summed E-state index contributed by atoms with van der Waals surface area (Å²) in [4.78, 5) is 4.56. The van der Waals surface area contributed by atoms with Gasteiger partial charge in [0.1, 0.15) is 29.7 Å². The van der Waals surface area contributed by atoms with Crippen LogP contribution in [0.1, 0.15) is 16.7 Å². The molecule has 5 heteroatoms. The van der Waals surface area contributed by atoms with Crippen LogP contribution in [-0.2, 0) is 6.61 Å². The summed E-state index contributed by atoms with van der Waals surface area (Å²) in [6, 6.07) is 36.9. The van der Waals surface area contributed by atoms with E-state index in [1.807, 2.05) is 109 Å². The van der Waals surface area contributed by atoms with Gasteiger partial charge in [-0.05, 0) is 29.3 Å². The SMILES string of the molecule is N#Cc1c(N=Cc2cccc(OCc3ccccc3Cl)c2)oc(-c2ccccc2)c1-c1ccccc1. The van der Waals surface area contributed by atoms with Crippen molar-refractivity contribution in [2.24, 2.45) is 4.99 Å². The summed E-state index contributed by atoms with van der Waals surface area (Å²) in [5.41, 5.74) is 4.62. The second-order valence-electron chi connectivity index (χ2n) is 8.04. The molecular weight excluding hydrogens is 468 g/mol. The maximum absolute atomic E-state index is 10.0. The Morgan fingerprint density at radius 2 is 1.53 bits per heavy atom. The zero-order valence-electron chi connectivity index (χ0n) is 19.3. The van der Waals surface area contributed by atoms with Crippen LogP contribution in [-0.4, -0.2) is 6.21 Å². The summed E-state index contributed by atoms with van der Waals surface area (Å²) in [7, 11) is 0. The average molecular weight is 489 g/mol. The third kappa shape index (κ3) is 5.07. The quantitative estimate of drug-likeness (QED) is 0.216. The standard InChI is InChI=1S/C31H21ClN2O2/c32-28-17-8-7-15-25(28)21-35-26-16-9-10-22(18-26)20-34-31-27(19-33)29(23-11-3-1-4-12-23)30(36-31)24-13-5-2-6-14-24/h1-18,20H,21H2. The van der Waals surface area contributed by atoms with Crippen LogP contribution < -0.4 is 4.74 Å². The molecule has 0 aliphatic rings. The Kier molecular flexibility index (Phi) is 6.93. The Labute approximate surface area is 214 Å². The highest BCUT2D eigenvalue weighted by Crippen LogP contribution is 2.42. The molecule has 0 atom stereocenters. The van der Waals surface area contributed by atoms with Crippen LogP contribution >= 0.6 is 11.6 Å². The van der Waals surface area contributed by atoms with Gasteiger partial charge in [0.15, 0.2) is 0 Å². The molecule has 5 rings (SSSR count). The van der Waals surface area contributed by atoms with E-state index in [0.29, 0.717) is 28.7 Å². The molecule has 0 aliphatic carbocycles. The second kappa shape index (κ2) is 10.8. The van der Waals surface area contributed by atoms with Crippen LogP contribution in [0, 0.1) is 11.3 Å². The zero-order chi connectivity index (χ0) is 24.7. The van der Waals surface area contributed by atoms with Gasteiger partial charge in [-0.2, -0.15) is 5.26 Å². The van der Waals surface area contributed by atoms with Crippen molar-refractivity contribution in [1.29, 1.82) is 5.26 Å². The monoisotopic (exact) mass is 488 g/mol. The smallest absolute Gasteiger partial charge is 0.238 e. The van der Waals surface area contributed by atoms with Gasteiger partial charge in [-0.25, -0.2) is 4.99 Å². The fraction of sp³-hybridized carbons (Fsp3) is 0.0323. The van der Waals surface area contributed by atoms with E-state index in [2.05, 4.69) is 11.1 Å². The first-order chi connectivity index (χ1) is 17.7. The summed E-state index contributed by atoms with van der Waals surface area (Å²) in [5.74, 6) is 1.56. The maximum Gasteiger partial charge on any atom is 0.238 e. The summed E-state index contributed by atoms with van der Waals surface area (Å²) in [5, 5.41) is 10.7. The average Bonchev–Trinajstić information content (AvgIpc) is 3.31. The maximum atomic E-state index is 10.0. The molecule has 0 spiro atoms. The number of ether oxygens (including phenoxy) is 1. The number of halogens is 1. The second-order valence-corrected chi connectivity index (χ2v) is 8.45. The summed E-state index contributed by atoms with van der Waals surface area (Å²) >= 11 is 6.23. The molecule has 4 nitrogen and oxygen atoms in total. The first-order valence-electron chi connectivity index (χ1n) is 11.4. The molecule has 4 aromatic carbocycles. The van der Waals surface area contributed by atoms with Gasteiger partial charge in [0.25, 0.3) is 0 Å². The number of hydrogen-bond donors (Lipinski definition) is 0. The van der Waals surface area contributed by atoms with Gasteiger partial charge in [-0.3, -0.25) is 0 Å². The van der Waals surface area contributed by atoms with E-state index < -0.39 is 0 Å². The lowest BCUT2D eigenvalue weighted by molar-refractivity contribution is 0.306. The van der Waals surface area contributed by atoms with Crippen LogP contribution in [0.15, 0.2) is 119 Å². The molecule has 174 valence electrons. The Morgan fingerprint density at radius 1 is 0.833 bits per heavy atom. The van der Waals surface area contributed by atoms with E-state index in [9.17, 15) is 5.26 Å². The molecule has 0 fully saturated rings. The topological polar surface area (TPSA) is 58.5 Å². The van der Waals surface area contributed by atoms with Crippen molar-refractivity contribution >= 4 is 23.7 Å². The fourth-order valence-corrected chi connectivity index (χ4v) is 4.07. The van der Waals surface area contributed by atoms with Crippen LogP contribution in [0.5, 0.6) is 5.75 Å². The fourth-order valence-electron chi connectivity index (χ4n) is 3.88. The largest absolute Gasteiger partial charge is 0.489 e. The van der Waals surface area contributed by atoms with Crippen molar-refractivity contribution in [1.82, 2.24) is 0 Å². The summed E-state index contributed by atoms with van der Waals surface area (Å²) < 4.78 is 12.1. The molecule has 0 saturated carbocycles. The number of aliphatic imine (C=N–C) groups is 1. The lowest BCUT2D eigenvalue weighted by Crippen LogP contribution is -1.96. The van der Waals surface area contributed by atoms with Gasteiger partial charge in [-0.1, -0.05) is 103 Å². The Balaban J connectivity index is 1.47. The third-order valence-corrected chi connectivity index (χ3v) is 6.01. The van der Waals surface area contributed by atoms with Gasteiger partial charge in [0.2, 0.25) is 5.88 Å². The molecule has 0 bridgehead atoms. The Bertz CT molecular complexity index is 1550. The Hall–Kier alpha value is -4.59. The van der Waals surface area contributed by atoms with Crippen molar-refractivity contribution in [3.63, 3.8) is 0 Å². The van der Waals surface area contributed by atoms with Gasteiger partial charge < -0.3 is 9.15 Å².